The number of aliphatic hydroxyl groups excluding tert-OH is 1. The maximum absolute atomic E-state index is 12.8. The number of benzene rings is 4. The number of likely N-dealkylation sites (tertiary alicyclic amines) is 1. The van der Waals surface area contributed by atoms with E-state index >= 15 is 0 Å². The predicted molar refractivity (Wildman–Crippen MR) is 210 cm³/mol. The average molecular weight is 710 g/mol. The van der Waals surface area contributed by atoms with Crippen LogP contribution >= 0.6 is 0 Å². The number of hydrogen-bond donors (Lipinski definition) is 4. The monoisotopic (exact) mass is 709 g/mol. The lowest BCUT2D eigenvalue weighted by Gasteiger charge is -2.40. The molecule has 52 heavy (non-hydrogen) atoms. The summed E-state index contributed by atoms with van der Waals surface area (Å²) in [6.45, 7) is 12.8. The maximum atomic E-state index is 12.8. The molecule has 0 saturated carbocycles. The summed E-state index contributed by atoms with van der Waals surface area (Å²) in [5.41, 5.74) is 4.23. The molecule has 0 aromatic heterocycles. The van der Waals surface area contributed by atoms with E-state index in [9.17, 15) is 14.6 Å². The van der Waals surface area contributed by atoms with Crippen molar-refractivity contribution in [2.75, 3.05) is 52.4 Å². The van der Waals surface area contributed by atoms with E-state index in [-0.39, 0.29) is 5.82 Å². The van der Waals surface area contributed by atoms with E-state index in [0.717, 1.165) is 76.4 Å². The smallest absolute Gasteiger partial charge is 0.161 e. The Morgan fingerprint density at radius 3 is 1.54 bits per heavy atom. The second-order valence-corrected chi connectivity index (χ2v) is 15.2. The van der Waals surface area contributed by atoms with Gasteiger partial charge in [-0.3, -0.25) is 0 Å². The van der Waals surface area contributed by atoms with E-state index in [1.165, 1.54) is 48.9 Å². The molecule has 3 aliphatic heterocycles. The molecule has 4 N–H and O–H groups in total. The number of rotatable bonds is 9. The van der Waals surface area contributed by atoms with E-state index < -0.39 is 11.7 Å². The van der Waals surface area contributed by atoms with Crippen LogP contribution < -0.4 is 15.4 Å². The zero-order valence-corrected chi connectivity index (χ0v) is 31.3. The second kappa shape index (κ2) is 19.5. The Hall–Kier alpha value is -3.59. The third-order valence-corrected chi connectivity index (χ3v) is 11.6. The first-order valence-electron chi connectivity index (χ1n) is 19.3. The molecule has 7 heteroatoms. The van der Waals surface area contributed by atoms with Crippen molar-refractivity contribution in [3.05, 3.63) is 138 Å². The van der Waals surface area contributed by atoms with Gasteiger partial charge in [-0.1, -0.05) is 105 Å². The summed E-state index contributed by atoms with van der Waals surface area (Å²) in [4.78, 5) is 2.53. The quantitative estimate of drug-likeness (QED) is 0.106. The Morgan fingerprint density at radius 1 is 0.615 bits per heavy atom. The number of halogens is 1. The molecule has 0 spiro atoms. The van der Waals surface area contributed by atoms with Crippen molar-refractivity contribution in [3.63, 3.8) is 0 Å². The molecule has 0 amide bonds. The third kappa shape index (κ3) is 11.0. The second-order valence-electron chi connectivity index (χ2n) is 15.2. The van der Waals surface area contributed by atoms with Gasteiger partial charge in [-0.25, -0.2) is 4.39 Å². The van der Waals surface area contributed by atoms with Crippen molar-refractivity contribution in [2.24, 2.45) is 0 Å². The molecule has 0 aliphatic carbocycles. The molecule has 6 nitrogen and oxygen atoms in total. The molecule has 7 rings (SSSR count). The van der Waals surface area contributed by atoms with Crippen LogP contribution in [0.25, 0.3) is 0 Å². The topological polar surface area (TPSA) is 77.0 Å². The van der Waals surface area contributed by atoms with Gasteiger partial charge >= 0.3 is 0 Å². The van der Waals surface area contributed by atoms with Crippen LogP contribution in [0.1, 0.15) is 75.5 Å². The minimum absolute atomic E-state index is 0.225. The van der Waals surface area contributed by atoms with Crippen molar-refractivity contribution in [1.29, 1.82) is 0 Å². The fourth-order valence-corrected chi connectivity index (χ4v) is 7.86. The molecule has 0 atom stereocenters. The van der Waals surface area contributed by atoms with E-state index in [1.54, 1.807) is 12.1 Å². The molecule has 3 heterocycles. The molecule has 3 aliphatic rings. The molecule has 4 aromatic carbocycles. The normalized spacial score (nSPS) is 19.3. The summed E-state index contributed by atoms with van der Waals surface area (Å²) in [5, 5.41) is 25.9. The van der Waals surface area contributed by atoms with Crippen LogP contribution in [0, 0.1) is 5.82 Å². The van der Waals surface area contributed by atoms with Crippen LogP contribution in [-0.2, 0) is 16.2 Å². The zero-order valence-electron chi connectivity index (χ0n) is 31.3. The Bertz CT molecular complexity index is 1550. The molecule has 280 valence electrons. The number of piperidine rings is 3. The Morgan fingerprint density at radius 2 is 1.06 bits per heavy atom. The highest BCUT2D eigenvalue weighted by atomic mass is 19.1. The van der Waals surface area contributed by atoms with Gasteiger partial charge in [0.2, 0.25) is 0 Å². The zero-order chi connectivity index (χ0) is 36.7. The van der Waals surface area contributed by atoms with Gasteiger partial charge in [-0.2, -0.15) is 0 Å². The standard InChI is InChI=1S/C21H26FNO.C12H17NO2.C12H17N/c1-21(18-6-3-2-4-7-18)12-15-23(16-13-21)14-5-17-24-20-10-8-19(22)9-11-20;14-11(15)12(6-8-13-9-7-12)10-4-2-1-3-5-10;1-12(7-9-13-10-8-12)11-5-3-2-4-6-11/h2-4,6-11H,5,12-17H2,1H3;1-5,11,13-15H,6-9H2;2-6,13H,7-10H2,1H3. The molecule has 4 aromatic rings. The number of hydrogen-bond acceptors (Lipinski definition) is 6. The van der Waals surface area contributed by atoms with Crippen molar-refractivity contribution < 1.29 is 19.3 Å². The van der Waals surface area contributed by atoms with Gasteiger partial charge in [0.15, 0.2) is 6.29 Å². The van der Waals surface area contributed by atoms with Crippen LogP contribution in [0.15, 0.2) is 115 Å². The third-order valence-electron chi connectivity index (χ3n) is 11.6. The van der Waals surface area contributed by atoms with Crippen LogP contribution in [0.4, 0.5) is 4.39 Å². The lowest BCUT2D eigenvalue weighted by molar-refractivity contribution is -0.109. The van der Waals surface area contributed by atoms with Crippen LogP contribution in [0.2, 0.25) is 0 Å². The van der Waals surface area contributed by atoms with Crippen LogP contribution in [-0.4, -0.2) is 73.8 Å². The van der Waals surface area contributed by atoms with Crippen molar-refractivity contribution in [3.8, 4) is 5.75 Å². The van der Waals surface area contributed by atoms with Crippen LogP contribution in [0.3, 0.4) is 0 Å². The number of ether oxygens (including phenoxy) is 1. The predicted octanol–water partition coefficient (Wildman–Crippen LogP) is 7.59. The fraction of sp³-hybridized carbons (Fsp3) is 0.467. The Balaban J connectivity index is 0.000000161. The minimum atomic E-state index is -1.28. The number of nitrogens with zero attached hydrogens (tertiary/aromatic N) is 1. The lowest BCUT2D eigenvalue weighted by Crippen LogP contribution is -2.47. The fourth-order valence-electron chi connectivity index (χ4n) is 7.86. The van der Waals surface area contributed by atoms with E-state index in [0.29, 0.717) is 17.4 Å². The number of nitrogens with one attached hydrogen (secondary N) is 2. The average Bonchev–Trinajstić information content (AvgIpc) is 3.20. The Kier molecular flexibility index (Phi) is 14.8. The first-order chi connectivity index (χ1) is 25.2. The van der Waals surface area contributed by atoms with Gasteiger partial charge in [0, 0.05) is 12.0 Å². The summed E-state index contributed by atoms with van der Waals surface area (Å²) < 4.78 is 18.5. The highest BCUT2D eigenvalue weighted by Crippen LogP contribution is 2.37. The molecule has 0 bridgehead atoms. The van der Waals surface area contributed by atoms with Gasteiger partial charge < -0.3 is 30.5 Å². The van der Waals surface area contributed by atoms with Gasteiger partial charge in [-0.05, 0) is 136 Å². The minimum Gasteiger partial charge on any atom is -0.494 e. The van der Waals surface area contributed by atoms with Crippen molar-refractivity contribution in [1.82, 2.24) is 15.5 Å². The SMILES string of the molecule is CC1(c2ccccc2)CCN(CCCOc2ccc(F)cc2)CC1.CC1(c2ccccc2)CCNCC1.OC(O)C1(c2ccccc2)CCNCC1. The summed E-state index contributed by atoms with van der Waals surface area (Å²) in [7, 11) is 0. The Labute approximate surface area is 311 Å². The van der Waals surface area contributed by atoms with E-state index in [4.69, 9.17) is 4.74 Å². The van der Waals surface area contributed by atoms with Gasteiger partial charge in [0.05, 0.1) is 6.61 Å². The lowest BCUT2D eigenvalue weighted by atomic mass is 9.72. The van der Waals surface area contributed by atoms with Crippen LogP contribution in [0.5, 0.6) is 5.75 Å². The molecule has 3 saturated heterocycles. The maximum Gasteiger partial charge on any atom is 0.161 e. The summed E-state index contributed by atoms with van der Waals surface area (Å²) in [5.74, 6) is 0.517. The van der Waals surface area contributed by atoms with E-state index in [1.807, 2.05) is 30.3 Å². The highest BCUT2D eigenvalue weighted by Gasteiger charge is 2.39. The molecule has 0 unspecified atom stereocenters. The summed E-state index contributed by atoms with van der Waals surface area (Å²) in [6.07, 6.45) is 6.20. The van der Waals surface area contributed by atoms with Crippen molar-refractivity contribution in [2.45, 2.75) is 81.3 Å². The first-order valence-corrected chi connectivity index (χ1v) is 19.3. The summed E-state index contributed by atoms with van der Waals surface area (Å²) in [6, 6.07) is 37.8. The molecular weight excluding hydrogens is 650 g/mol. The van der Waals surface area contributed by atoms with Gasteiger partial charge in [0.1, 0.15) is 11.6 Å². The highest BCUT2D eigenvalue weighted by molar-refractivity contribution is 5.28. The van der Waals surface area contributed by atoms with E-state index in [2.05, 4.69) is 90.0 Å². The van der Waals surface area contributed by atoms with Gasteiger partial charge in [0.25, 0.3) is 0 Å². The van der Waals surface area contributed by atoms with Crippen molar-refractivity contribution >= 4 is 0 Å². The summed E-state index contributed by atoms with van der Waals surface area (Å²) >= 11 is 0. The largest absolute Gasteiger partial charge is 0.494 e. The molecular formula is C45H60FN3O3. The molecule has 3 fully saturated rings. The molecule has 0 radical (unpaired) electrons. The number of aliphatic hydroxyl groups is 2. The first kappa shape index (κ1) is 39.6. The van der Waals surface area contributed by atoms with Gasteiger partial charge in [-0.15, -0.1) is 0 Å².